The summed E-state index contributed by atoms with van der Waals surface area (Å²) in [5.74, 6) is 0. The van der Waals surface area contributed by atoms with E-state index in [2.05, 4.69) is 9.78 Å². The largest absolute Gasteiger partial charge is 0.345 e. The van der Waals surface area contributed by atoms with Crippen LogP contribution in [0.15, 0.2) is 12.3 Å². The highest BCUT2D eigenvalue weighted by atomic mass is 32.2. The van der Waals surface area contributed by atoms with Crippen molar-refractivity contribution in [2.45, 2.75) is 19.8 Å². The molecule has 0 aromatic rings. The molecule has 0 aliphatic heterocycles. The van der Waals surface area contributed by atoms with Gasteiger partial charge in [0.25, 0.3) is 0 Å². The zero-order valence-corrected chi connectivity index (χ0v) is 7.71. The van der Waals surface area contributed by atoms with Gasteiger partial charge in [0.15, 0.2) is 0 Å². The summed E-state index contributed by atoms with van der Waals surface area (Å²) in [5.41, 5.74) is 0. The molecule has 0 N–H and O–H groups in total. The van der Waals surface area contributed by atoms with E-state index >= 15 is 0 Å². The molecule has 70 valence electrons. The Kier molecular flexibility index (Phi) is 7.73. The topological polar surface area (TPSA) is 52.6 Å². The molecule has 4 nitrogen and oxygen atoms in total. The van der Waals surface area contributed by atoms with Crippen LogP contribution in [0.3, 0.4) is 0 Å². The van der Waals surface area contributed by atoms with Gasteiger partial charge in [-0.05, 0) is 12.5 Å². The van der Waals surface area contributed by atoms with E-state index < -0.39 is 10.3 Å². The van der Waals surface area contributed by atoms with Gasteiger partial charge in [0.1, 0.15) is 12.9 Å². The van der Waals surface area contributed by atoms with Gasteiger partial charge in [0.2, 0.25) is 10.3 Å². The lowest BCUT2D eigenvalue weighted by molar-refractivity contribution is -0.233. The smallest absolute Gasteiger partial charge is 0.212 e. The Morgan fingerprint density at radius 1 is 1.42 bits per heavy atom. The fourth-order valence-corrected chi connectivity index (χ4v) is 0.603. The van der Waals surface area contributed by atoms with E-state index in [-0.39, 0.29) is 6.61 Å². The summed E-state index contributed by atoms with van der Waals surface area (Å²) in [6.07, 6.45) is 5.15. The third kappa shape index (κ3) is 9.19. The van der Waals surface area contributed by atoms with E-state index in [1.54, 1.807) is 6.08 Å². The van der Waals surface area contributed by atoms with Gasteiger partial charge in [-0.15, -0.1) is 0 Å². The van der Waals surface area contributed by atoms with Gasteiger partial charge in [-0.2, -0.15) is 13.3 Å². The first kappa shape index (κ1) is 11.2. The SMILES string of the molecule is CCCC=COOCC=S(=O)=O. The molecule has 0 fully saturated rings. The maximum Gasteiger partial charge on any atom is 0.212 e. The highest BCUT2D eigenvalue weighted by molar-refractivity contribution is 7.71. The summed E-state index contributed by atoms with van der Waals surface area (Å²) >= 11 is 0. The maximum absolute atomic E-state index is 9.93. The molecule has 0 saturated carbocycles. The molecule has 0 amide bonds. The van der Waals surface area contributed by atoms with Gasteiger partial charge in [0.05, 0.1) is 5.37 Å². The first-order chi connectivity index (χ1) is 5.77. The molecular formula is C7H12O4S. The standard InChI is InChI=1S/C7H12O4S/c1-2-3-4-5-10-11-6-7-12(8)9/h4-5,7H,2-3,6H2,1H3. The number of rotatable bonds is 6. The van der Waals surface area contributed by atoms with Crippen LogP contribution in [-0.4, -0.2) is 20.4 Å². The Hall–Kier alpha value is -0.810. The molecular weight excluding hydrogens is 180 g/mol. The second kappa shape index (κ2) is 8.29. The summed E-state index contributed by atoms with van der Waals surface area (Å²) in [4.78, 5) is 8.96. The normalized spacial score (nSPS) is 10.1. The summed E-state index contributed by atoms with van der Waals surface area (Å²) in [7, 11) is -2.18. The quantitative estimate of drug-likeness (QED) is 0.206. The molecule has 12 heavy (non-hydrogen) atoms. The molecule has 0 heterocycles. The summed E-state index contributed by atoms with van der Waals surface area (Å²) in [6, 6.07) is 0. The number of hydrogen-bond donors (Lipinski definition) is 0. The molecule has 0 aliphatic rings. The molecule has 0 atom stereocenters. The lowest BCUT2D eigenvalue weighted by Crippen LogP contribution is -1.93. The predicted molar refractivity (Wildman–Crippen MR) is 46.1 cm³/mol. The lowest BCUT2D eigenvalue weighted by atomic mass is 10.3. The highest BCUT2D eigenvalue weighted by Crippen LogP contribution is 1.88. The van der Waals surface area contributed by atoms with Crippen LogP contribution in [0.4, 0.5) is 0 Å². The van der Waals surface area contributed by atoms with Gasteiger partial charge in [0, 0.05) is 0 Å². The van der Waals surface area contributed by atoms with Crippen molar-refractivity contribution in [1.29, 1.82) is 0 Å². The van der Waals surface area contributed by atoms with Crippen LogP contribution >= 0.6 is 0 Å². The monoisotopic (exact) mass is 192 g/mol. The minimum absolute atomic E-state index is 0.0629. The van der Waals surface area contributed by atoms with Crippen LogP contribution in [0.2, 0.25) is 0 Å². The first-order valence-electron chi connectivity index (χ1n) is 3.62. The zero-order valence-electron chi connectivity index (χ0n) is 6.89. The summed E-state index contributed by atoms with van der Waals surface area (Å²) in [6.45, 7) is 1.98. The minimum atomic E-state index is -2.18. The molecule has 0 unspecified atom stereocenters. The lowest BCUT2D eigenvalue weighted by Gasteiger charge is -1.93. The van der Waals surface area contributed by atoms with Crippen LogP contribution in [-0.2, 0) is 20.1 Å². The zero-order chi connectivity index (χ0) is 9.23. The Labute approximate surface area is 73.3 Å². The van der Waals surface area contributed by atoms with Crippen molar-refractivity contribution in [1.82, 2.24) is 0 Å². The maximum atomic E-state index is 9.93. The number of unbranched alkanes of at least 4 members (excludes halogenated alkanes) is 1. The molecule has 0 radical (unpaired) electrons. The predicted octanol–water partition coefficient (Wildman–Crippen LogP) is 0.930. The van der Waals surface area contributed by atoms with Gasteiger partial charge in [-0.1, -0.05) is 13.3 Å². The second-order valence-corrected chi connectivity index (χ2v) is 2.82. The molecule has 5 heteroatoms. The average molecular weight is 192 g/mol. The second-order valence-electron chi connectivity index (χ2n) is 1.97. The molecule has 0 aromatic carbocycles. The van der Waals surface area contributed by atoms with Gasteiger partial charge in [-0.3, -0.25) is 0 Å². The highest BCUT2D eigenvalue weighted by Gasteiger charge is 1.80. The van der Waals surface area contributed by atoms with Crippen molar-refractivity contribution in [3.8, 4) is 0 Å². The Bertz CT molecular complexity index is 232. The van der Waals surface area contributed by atoms with Crippen molar-refractivity contribution in [2.24, 2.45) is 0 Å². The van der Waals surface area contributed by atoms with Crippen molar-refractivity contribution in [3.63, 3.8) is 0 Å². The first-order valence-corrected chi connectivity index (χ1v) is 4.76. The fourth-order valence-electron chi connectivity index (χ4n) is 0.436. The van der Waals surface area contributed by atoms with Gasteiger partial charge < -0.3 is 4.89 Å². The minimum Gasteiger partial charge on any atom is -0.345 e. The van der Waals surface area contributed by atoms with E-state index in [1.807, 2.05) is 6.92 Å². The number of allylic oxidation sites excluding steroid dienone is 1. The summed E-state index contributed by atoms with van der Waals surface area (Å²) < 4.78 is 19.9. The fraction of sp³-hybridized carbons (Fsp3) is 0.571. The van der Waals surface area contributed by atoms with E-state index in [1.165, 1.54) is 6.26 Å². The Balaban J connectivity index is 3.27. The molecule has 0 aliphatic carbocycles. The van der Waals surface area contributed by atoms with Gasteiger partial charge in [-0.25, -0.2) is 0 Å². The Morgan fingerprint density at radius 3 is 2.75 bits per heavy atom. The summed E-state index contributed by atoms with van der Waals surface area (Å²) in [5, 5.41) is 0.966. The van der Waals surface area contributed by atoms with Crippen LogP contribution in [0.1, 0.15) is 19.8 Å². The third-order valence-corrected chi connectivity index (χ3v) is 1.36. The molecule has 0 saturated heterocycles. The number of hydrogen-bond acceptors (Lipinski definition) is 4. The average Bonchev–Trinajstić information content (AvgIpc) is 2.02. The van der Waals surface area contributed by atoms with E-state index in [0.29, 0.717) is 0 Å². The van der Waals surface area contributed by atoms with Crippen molar-refractivity contribution in [3.05, 3.63) is 12.3 Å². The van der Waals surface area contributed by atoms with E-state index in [4.69, 9.17) is 0 Å². The molecule has 0 spiro atoms. The van der Waals surface area contributed by atoms with Crippen LogP contribution in [0.5, 0.6) is 0 Å². The van der Waals surface area contributed by atoms with Crippen molar-refractivity contribution < 1.29 is 18.2 Å². The molecule has 0 aromatic heterocycles. The van der Waals surface area contributed by atoms with E-state index in [9.17, 15) is 8.42 Å². The molecule has 0 rings (SSSR count). The van der Waals surface area contributed by atoms with Crippen molar-refractivity contribution >= 4 is 15.7 Å². The molecule has 0 bridgehead atoms. The van der Waals surface area contributed by atoms with Crippen molar-refractivity contribution in [2.75, 3.05) is 6.61 Å². The van der Waals surface area contributed by atoms with Crippen LogP contribution < -0.4 is 0 Å². The van der Waals surface area contributed by atoms with Crippen LogP contribution in [0.25, 0.3) is 0 Å². The van der Waals surface area contributed by atoms with Gasteiger partial charge >= 0.3 is 0 Å². The van der Waals surface area contributed by atoms with E-state index in [0.717, 1.165) is 18.2 Å². The Morgan fingerprint density at radius 2 is 2.17 bits per heavy atom. The van der Waals surface area contributed by atoms with Crippen LogP contribution in [0, 0.1) is 0 Å². The third-order valence-electron chi connectivity index (χ3n) is 0.947.